The Labute approximate surface area is 178 Å². The van der Waals surface area contributed by atoms with Crippen LogP contribution in [-0.4, -0.2) is 36.7 Å². The number of hydrogen-bond donors (Lipinski definition) is 1. The molecule has 0 amide bonds. The van der Waals surface area contributed by atoms with E-state index in [9.17, 15) is 9.90 Å². The highest BCUT2D eigenvalue weighted by Crippen LogP contribution is 2.31. The molecule has 3 aromatic rings. The predicted molar refractivity (Wildman–Crippen MR) is 117 cm³/mol. The molecule has 0 bridgehead atoms. The molecule has 0 radical (unpaired) electrons. The topological polar surface area (TPSA) is 49.8 Å². The average molecular weight is 412 g/mol. The number of nitrogens with zero attached hydrogens (tertiary/aromatic N) is 1. The Morgan fingerprint density at radius 3 is 1.69 bits per heavy atom. The molecule has 1 unspecified atom stereocenters. The highest BCUT2D eigenvalue weighted by molar-refractivity contribution is 5.85. The Hall–Kier alpha value is -2.66. The Morgan fingerprint density at radius 1 is 0.862 bits per heavy atom. The molecule has 0 aromatic heterocycles. The second-order valence-corrected chi connectivity index (χ2v) is 6.93. The lowest BCUT2D eigenvalue weighted by atomic mass is 9.86. The molecule has 1 N–H and O–H groups in total. The van der Waals surface area contributed by atoms with Crippen molar-refractivity contribution in [1.29, 1.82) is 0 Å². The molecule has 152 valence electrons. The minimum atomic E-state index is -1.87. The number of esters is 1. The first-order valence-electron chi connectivity index (χ1n) is 9.25. The molecule has 0 heterocycles. The molecule has 29 heavy (non-hydrogen) atoms. The second kappa shape index (κ2) is 10.2. The van der Waals surface area contributed by atoms with Crippen LogP contribution in [0.2, 0.25) is 0 Å². The molecule has 0 aliphatic rings. The Balaban J connectivity index is 0.00000300. The van der Waals surface area contributed by atoms with Gasteiger partial charge in [0.1, 0.15) is 6.61 Å². The van der Waals surface area contributed by atoms with Crippen molar-refractivity contribution < 1.29 is 14.6 Å². The van der Waals surface area contributed by atoms with E-state index >= 15 is 0 Å². The summed E-state index contributed by atoms with van der Waals surface area (Å²) in [5, 5.41) is 11.5. The third kappa shape index (κ3) is 5.04. The van der Waals surface area contributed by atoms with Gasteiger partial charge >= 0.3 is 5.97 Å². The van der Waals surface area contributed by atoms with Crippen molar-refractivity contribution in [2.45, 2.75) is 11.6 Å². The Bertz CT molecular complexity index is 846. The van der Waals surface area contributed by atoms with Gasteiger partial charge in [0, 0.05) is 0 Å². The molecule has 0 spiro atoms. The number of rotatable bonds is 7. The van der Waals surface area contributed by atoms with Gasteiger partial charge in [-0.1, -0.05) is 91.0 Å². The largest absolute Gasteiger partial charge is 0.461 e. The smallest absolute Gasteiger partial charge is 0.347 e. The van der Waals surface area contributed by atoms with E-state index in [2.05, 4.69) is 0 Å². The van der Waals surface area contributed by atoms with Gasteiger partial charge in [-0.05, 0) is 30.8 Å². The number of benzene rings is 3. The van der Waals surface area contributed by atoms with Gasteiger partial charge in [-0.3, -0.25) is 4.90 Å². The predicted octanol–water partition coefficient (Wildman–Crippen LogP) is 4.19. The summed E-state index contributed by atoms with van der Waals surface area (Å²) in [6.45, 7) is 0.137. The molecular formula is C24H26ClNO3. The van der Waals surface area contributed by atoms with Gasteiger partial charge in [-0.2, -0.15) is 0 Å². The quantitative estimate of drug-likeness (QED) is 0.592. The lowest BCUT2D eigenvalue weighted by Crippen LogP contribution is -2.40. The molecule has 3 rings (SSSR count). The van der Waals surface area contributed by atoms with Gasteiger partial charge in [0.2, 0.25) is 5.60 Å². The van der Waals surface area contributed by atoms with Gasteiger partial charge in [-0.25, -0.2) is 4.79 Å². The van der Waals surface area contributed by atoms with Gasteiger partial charge in [-0.15, -0.1) is 12.4 Å². The first kappa shape index (κ1) is 22.6. The highest BCUT2D eigenvalue weighted by atomic mass is 35.5. The van der Waals surface area contributed by atoms with E-state index in [1.54, 1.807) is 48.5 Å². The van der Waals surface area contributed by atoms with Crippen LogP contribution in [0.15, 0.2) is 91.0 Å². The van der Waals surface area contributed by atoms with Crippen LogP contribution >= 0.6 is 12.4 Å². The molecule has 0 saturated carbocycles. The molecule has 1 atom stereocenters. The van der Waals surface area contributed by atoms with Gasteiger partial charge in [0.15, 0.2) is 0 Å². The zero-order chi connectivity index (χ0) is 20.0. The summed E-state index contributed by atoms with van der Waals surface area (Å²) >= 11 is 0. The van der Waals surface area contributed by atoms with Crippen LogP contribution in [0.4, 0.5) is 0 Å². The molecule has 0 aliphatic carbocycles. The van der Waals surface area contributed by atoms with Crippen molar-refractivity contribution >= 4 is 18.4 Å². The summed E-state index contributed by atoms with van der Waals surface area (Å²) in [6, 6.07) is 27.5. The lowest BCUT2D eigenvalue weighted by molar-refractivity contribution is -0.163. The highest BCUT2D eigenvalue weighted by Gasteiger charge is 2.42. The van der Waals surface area contributed by atoms with E-state index in [-0.39, 0.29) is 25.1 Å². The van der Waals surface area contributed by atoms with Crippen LogP contribution in [0.1, 0.15) is 22.7 Å². The fourth-order valence-electron chi connectivity index (χ4n) is 3.24. The number of likely N-dealkylation sites (N-methyl/N-ethyl adjacent to an activating group) is 1. The van der Waals surface area contributed by atoms with Gasteiger partial charge in [0.25, 0.3) is 0 Å². The van der Waals surface area contributed by atoms with Gasteiger partial charge in [0.05, 0.1) is 6.04 Å². The number of ether oxygens (including phenoxy) is 1. The summed E-state index contributed by atoms with van der Waals surface area (Å²) in [6.07, 6.45) is 0. The minimum Gasteiger partial charge on any atom is -0.461 e. The standard InChI is InChI=1S/C24H25NO3.ClH/c1-25(2)22(19-12-6-3-7-13-19)18-28-23(26)24(27,20-14-8-4-9-15-20)21-16-10-5-11-17-21;/h3-17,22,27H,18H2,1-2H3;1H. The van der Waals surface area contributed by atoms with Crippen LogP contribution in [-0.2, 0) is 15.1 Å². The van der Waals surface area contributed by atoms with Crippen LogP contribution < -0.4 is 0 Å². The molecule has 0 aliphatic heterocycles. The summed E-state index contributed by atoms with van der Waals surface area (Å²) in [5.41, 5.74) is 0.138. The van der Waals surface area contributed by atoms with Crippen LogP contribution in [0.25, 0.3) is 0 Å². The summed E-state index contributed by atoms with van der Waals surface area (Å²) in [5.74, 6) is -0.687. The number of hydrogen-bond acceptors (Lipinski definition) is 4. The SMILES string of the molecule is CN(C)C(COC(=O)C(O)(c1ccccc1)c1ccccc1)c1ccccc1.Cl. The van der Waals surface area contributed by atoms with Crippen molar-refractivity contribution in [2.75, 3.05) is 20.7 Å². The molecular weight excluding hydrogens is 386 g/mol. The fourth-order valence-corrected chi connectivity index (χ4v) is 3.24. The van der Waals surface area contributed by atoms with Crippen molar-refractivity contribution in [3.63, 3.8) is 0 Å². The maximum Gasteiger partial charge on any atom is 0.347 e. The minimum absolute atomic E-state index is 0. The van der Waals surface area contributed by atoms with E-state index in [0.29, 0.717) is 11.1 Å². The Morgan fingerprint density at radius 2 is 1.28 bits per heavy atom. The number of halogens is 1. The van der Waals surface area contributed by atoms with Crippen LogP contribution in [0.5, 0.6) is 0 Å². The molecule has 0 fully saturated rings. The second-order valence-electron chi connectivity index (χ2n) is 6.93. The van der Waals surface area contributed by atoms with Crippen molar-refractivity contribution in [3.8, 4) is 0 Å². The summed E-state index contributed by atoms with van der Waals surface area (Å²) in [4.78, 5) is 15.1. The van der Waals surface area contributed by atoms with Crippen LogP contribution in [0.3, 0.4) is 0 Å². The van der Waals surface area contributed by atoms with E-state index in [4.69, 9.17) is 4.74 Å². The van der Waals surface area contributed by atoms with Crippen molar-refractivity contribution in [1.82, 2.24) is 4.90 Å². The molecule has 5 heteroatoms. The van der Waals surface area contributed by atoms with Gasteiger partial charge < -0.3 is 9.84 Å². The molecule has 3 aromatic carbocycles. The fraction of sp³-hybridized carbons (Fsp3) is 0.208. The average Bonchev–Trinajstić information content (AvgIpc) is 2.75. The maximum atomic E-state index is 13.1. The molecule has 0 saturated heterocycles. The lowest BCUT2D eigenvalue weighted by Gasteiger charge is -2.30. The number of aliphatic hydroxyl groups is 1. The Kier molecular flexibility index (Phi) is 7.97. The van der Waals surface area contributed by atoms with Crippen molar-refractivity contribution in [3.05, 3.63) is 108 Å². The van der Waals surface area contributed by atoms with E-state index < -0.39 is 11.6 Å². The summed E-state index contributed by atoms with van der Waals surface area (Å²) < 4.78 is 5.66. The first-order valence-corrected chi connectivity index (χ1v) is 9.25. The monoisotopic (exact) mass is 411 g/mol. The first-order chi connectivity index (χ1) is 13.5. The zero-order valence-electron chi connectivity index (χ0n) is 16.6. The number of carbonyl (C=O) groups is 1. The van der Waals surface area contributed by atoms with E-state index in [1.165, 1.54) is 0 Å². The molecule has 4 nitrogen and oxygen atoms in total. The van der Waals surface area contributed by atoms with E-state index in [1.807, 2.05) is 61.5 Å². The maximum absolute atomic E-state index is 13.1. The summed E-state index contributed by atoms with van der Waals surface area (Å²) in [7, 11) is 3.87. The zero-order valence-corrected chi connectivity index (χ0v) is 17.4. The van der Waals surface area contributed by atoms with Crippen molar-refractivity contribution in [2.24, 2.45) is 0 Å². The van der Waals surface area contributed by atoms with E-state index in [0.717, 1.165) is 5.56 Å². The third-order valence-electron chi connectivity index (χ3n) is 4.86. The van der Waals surface area contributed by atoms with Crippen LogP contribution in [0, 0.1) is 0 Å². The normalized spacial score (nSPS) is 12.1. The third-order valence-corrected chi connectivity index (χ3v) is 4.86. The number of carbonyl (C=O) groups excluding carboxylic acids is 1.